The maximum atomic E-state index is 2.70. The van der Waals surface area contributed by atoms with Gasteiger partial charge >= 0.3 is 0 Å². The summed E-state index contributed by atoms with van der Waals surface area (Å²) in [4.78, 5) is 0. The Morgan fingerprint density at radius 3 is 2.00 bits per heavy atom. The predicted molar refractivity (Wildman–Crippen MR) is 84.6 cm³/mol. The lowest BCUT2D eigenvalue weighted by Crippen LogP contribution is -2.36. The van der Waals surface area contributed by atoms with Crippen LogP contribution in [0.1, 0.15) is 40.5 Å². The van der Waals surface area contributed by atoms with Crippen molar-refractivity contribution >= 4 is 8.07 Å². The smallest absolute Gasteiger partial charge is 0.0512 e. The highest BCUT2D eigenvalue weighted by molar-refractivity contribution is 6.78. The van der Waals surface area contributed by atoms with Gasteiger partial charge in [-0.1, -0.05) is 64.5 Å². The zero-order valence-electron chi connectivity index (χ0n) is 13.1. The van der Waals surface area contributed by atoms with E-state index in [2.05, 4.69) is 46.4 Å². The summed E-state index contributed by atoms with van der Waals surface area (Å²) >= 11 is 0. The van der Waals surface area contributed by atoms with Gasteiger partial charge in [0, 0.05) is 0 Å². The number of hydrogen-bond donors (Lipinski definition) is 0. The molecule has 0 aliphatic heterocycles. The molecule has 0 aromatic rings. The van der Waals surface area contributed by atoms with Crippen molar-refractivity contribution in [3.63, 3.8) is 0 Å². The summed E-state index contributed by atoms with van der Waals surface area (Å²) in [5, 5.41) is 0. The molecule has 0 aromatic heterocycles. The van der Waals surface area contributed by atoms with Crippen molar-refractivity contribution in [2.75, 3.05) is 0 Å². The highest BCUT2D eigenvalue weighted by atomic mass is 28.3. The largest absolute Gasteiger partial charge is 0.0851 e. The third-order valence-electron chi connectivity index (χ3n) is 4.97. The second-order valence-electron chi connectivity index (χ2n) is 8.25. The van der Waals surface area contributed by atoms with Crippen LogP contribution in [0.15, 0.2) is 12.2 Å². The molecule has 0 radical (unpaired) electrons. The van der Waals surface area contributed by atoms with Crippen LogP contribution < -0.4 is 0 Å². The minimum Gasteiger partial charge on any atom is -0.0851 e. The maximum Gasteiger partial charge on any atom is 0.0512 e. The fourth-order valence-electron chi connectivity index (χ4n) is 4.98. The van der Waals surface area contributed by atoms with E-state index in [-0.39, 0.29) is 0 Å². The second-order valence-corrected chi connectivity index (χ2v) is 13.1. The maximum absolute atomic E-state index is 2.70. The second kappa shape index (κ2) is 5.52. The van der Waals surface area contributed by atoms with Crippen LogP contribution in [0.25, 0.3) is 0 Å². The van der Waals surface area contributed by atoms with Crippen molar-refractivity contribution in [1.82, 2.24) is 0 Å². The van der Waals surface area contributed by atoms with Crippen LogP contribution in [-0.4, -0.2) is 8.07 Å². The van der Waals surface area contributed by atoms with E-state index in [9.17, 15) is 0 Å². The van der Waals surface area contributed by atoms with E-state index < -0.39 is 8.07 Å². The Morgan fingerprint density at radius 1 is 1.00 bits per heavy atom. The van der Waals surface area contributed by atoms with Gasteiger partial charge in [0.05, 0.1) is 8.07 Å². The molecule has 0 amide bonds. The molecule has 2 aliphatic carbocycles. The number of fused-ring (bicyclic) bond motifs is 2. The average molecular weight is 265 g/mol. The Balaban J connectivity index is 1.98. The molecular weight excluding hydrogens is 232 g/mol. The summed E-state index contributed by atoms with van der Waals surface area (Å²) in [7, 11) is -1.01. The molecule has 0 spiro atoms. The van der Waals surface area contributed by atoms with Crippen LogP contribution in [0, 0.1) is 29.6 Å². The van der Waals surface area contributed by atoms with E-state index in [0.717, 1.165) is 29.6 Å². The molecule has 104 valence electrons. The summed E-state index contributed by atoms with van der Waals surface area (Å²) in [5.41, 5.74) is 0. The van der Waals surface area contributed by atoms with Crippen LogP contribution in [-0.2, 0) is 0 Å². The zero-order chi connectivity index (χ0) is 13.3. The molecule has 3 unspecified atom stereocenters. The quantitative estimate of drug-likeness (QED) is 0.433. The van der Waals surface area contributed by atoms with Gasteiger partial charge in [0.1, 0.15) is 0 Å². The highest BCUT2D eigenvalue weighted by Gasteiger charge is 2.40. The Labute approximate surface area is 115 Å². The first-order chi connectivity index (χ1) is 8.38. The highest BCUT2D eigenvalue weighted by Crippen LogP contribution is 2.48. The lowest BCUT2D eigenvalue weighted by Gasteiger charge is -2.35. The molecule has 1 saturated carbocycles. The first-order valence-electron chi connectivity index (χ1n) is 8.06. The Hall–Kier alpha value is -0.0431. The molecule has 0 nitrogen and oxygen atoms in total. The monoisotopic (exact) mass is 264 g/mol. The predicted octanol–water partition coefficient (Wildman–Crippen LogP) is 5.59. The van der Waals surface area contributed by atoms with Gasteiger partial charge in [0.15, 0.2) is 0 Å². The van der Waals surface area contributed by atoms with Gasteiger partial charge in [-0.3, -0.25) is 0 Å². The van der Waals surface area contributed by atoms with E-state index in [1.54, 1.807) is 18.1 Å². The molecular formula is C17H32Si. The van der Waals surface area contributed by atoms with Crippen molar-refractivity contribution < 1.29 is 0 Å². The third kappa shape index (κ3) is 3.50. The first-order valence-corrected chi connectivity index (χ1v) is 11.2. The third-order valence-corrected chi connectivity index (χ3v) is 10.1. The van der Waals surface area contributed by atoms with Crippen LogP contribution in [0.2, 0.25) is 24.7 Å². The summed E-state index contributed by atoms with van der Waals surface area (Å²) in [6.45, 7) is 12.4. The van der Waals surface area contributed by atoms with Gasteiger partial charge in [0.2, 0.25) is 0 Å². The van der Waals surface area contributed by atoms with Gasteiger partial charge in [-0.25, -0.2) is 0 Å². The summed E-state index contributed by atoms with van der Waals surface area (Å²) in [6, 6.07) is 4.69. The van der Waals surface area contributed by atoms with Crippen LogP contribution >= 0.6 is 0 Å². The zero-order valence-corrected chi connectivity index (χ0v) is 14.1. The molecule has 1 heteroatoms. The van der Waals surface area contributed by atoms with Gasteiger partial charge in [-0.15, -0.1) is 0 Å². The van der Waals surface area contributed by atoms with Crippen LogP contribution in [0.5, 0.6) is 0 Å². The minimum absolute atomic E-state index is 0.898. The number of hydrogen-bond acceptors (Lipinski definition) is 0. The lowest BCUT2D eigenvalue weighted by atomic mass is 9.96. The van der Waals surface area contributed by atoms with E-state index in [0.29, 0.717) is 0 Å². The molecule has 0 saturated heterocycles. The van der Waals surface area contributed by atoms with E-state index in [1.807, 2.05) is 0 Å². The molecule has 2 aliphatic rings. The number of rotatable bonds is 6. The topological polar surface area (TPSA) is 0 Å². The van der Waals surface area contributed by atoms with Crippen molar-refractivity contribution in [1.29, 1.82) is 0 Å². The SMILES string of the molecule is CC(C)C[Si](C)(CC(C)C)CC1CC2C=CC1C2. The molecule has 0 heterocycles. The van der Waals surface area contributed by atoms with Crippen LogP contribution in [0.3, 0.4) is 0 Å². The molecule has 2 bridgehead atoms. The normalized spacial score (nSPS) is 30.9. The summed E-state index contributed by atoms with van der Waals surface area (Å²) in [5.74, 6) is 4.76. The molecule has 3 atom stereocenters. The molecule has 1 fully saturated rings. The van der Waals surface area contributed by atoms with E-state index in [4.69, 9.17) is 0 Å². The van der Waals surface area contributed by atoms with E-state index >= 15 is 0 Å². The minimum atomic E-state index is -1.01. The Bertz CT molecular complexity index is 293. The average Bonchev–Trinajstić information content (AvgIpc) is 2.74. The summed E-state index contributed by atoms with van der Waals surface area (Å²) < 4.78 is 0. The van der Waals surface area contributed by atoms with Crippen molar-refractivity contribution in [3.05, 3.63) is 12.2 Å². The van der Waals surface area contributed by atoms with E-state index in [1.165, 1.54) is 12.8 Å². The fourth-order valence-corrected chi connectivity index (χ4v) is 11.2. The van der Waals surface area contributed by atoms with Gasteiger partial charge in [-0.05, 0) is 42.4 Å². The number of allylic oxidation sites excluding steroid dienone is 2. The molecule has 18 heavy (non-hydrogen) atoms. The van der Waals surface area contributed by atoms with Crippen molar-refractivity contribution in [2.24, 2.45) is 29.6 Å². The van der Waals surface area contributed by atoms with Crippen molar-refractivity contribution in [2.45, 2.75) is 65.2 Å². The lowest BCUT2D eigenvalue weighted by molar-refractivity contribution is 0.480. The van der Waals surface area contributed by atoms with Crippen LogP contribution in [0.4, 0.5) is 0 Å². The molecule has 0 aromatic carbocycles. The molecule has 0 N–H and O–H groups in total. The standard InChI is InChI=1S/C17H32Si/c1-13(2)10-18(5,11-14(3)4)12-17-9-15-6-7-16(17)8-15/h6-7,13-17H,8-12H2,1-5H3. The Morgan fingerprint density at radius 2 is 1.61 bits per heavy atom. The van der Waals surface area contributed by atoms with Gasteiger partial charge in [-0.2, -0.15) is 0 Å². The summed E-state index contributed by atoms with van der Waals surface area (Å²) in [6.07, 6.45) is 8.03. The van der Waals surface area contributed by atoms with Gasteiger partial charge in [0.25, 0.3) is 0 Å². The Kier molecular flexibility index (Phi) is 4.41. The first kappa shape index (κ1) is 14.4. The van der Waals surface area contributed by atoms with Crippen molar-refractivity contribution in [3.8, 4) is 0 Å². The fraction of sp³-hybridized carbons (Fsp3) is 0.882. The van der Waals surface area contributed by atoms with Gasteiger partial charge < -0.3 is 0 Å². The molecule has 2 rings (SSSR count).